The van der Waals surface area contributed by atoms with E-state index in [-0.39, 0.29) is 11.9 Å². The Morgan fingerprint density at radius 1 is 1.80 bits per heavy atom. The third-order valence-electron chi connectivity index (χ3n) is 1.60. The van der Waals surface area contributed by atoms with Crippen molar-refractivity contribution in [2.75, 3.05) is 0 Å². The average molecular weight is 158 g/mol. The van der Waals surface area contributed by atoms with Gasteiger partial charge in [-0.15, -0.1) is 0 Å². The first-order valence-corrected chi connectivity index (χ1v) is 3.89. The topological polar surface area (TPSA) is 26.3 Å². The smallest absolute Gasteiger partial charge is 0.312 e. The van der Waals surface area contributed by atoms with Crippen LogP contribution >= 0.6 is 12.2 Å². The van der Waals surface area contributed by atoms with Gasteiger partial charge in [0, 0.05) is 5.92 Å². The van der Waals surface area contributed by atoms with Crippen molar-refractivity contribution in [3.8, 4) is 0 Å². The van der Waals surface area contributed by atoms with E-state index in [0.29, 0.717) is 11.5 Å². The predicted octanol–water partition coefficient (Wildman–Crippen LogP) is 1.68. The molecule has 0 N–H and O–H groups in total. The Kier molecular flexibility index (Phi) is 2.38. The van der Waals surface area contributed by atoms with Gasteiger partial charge in [0.25, 0.3) is 0 Å². The highest BCUT2D eigenvalue weighted by atomic mass is 32.1. The van der Waals surface area contributed by atoms with Gasteiger partial charge in [-0.3, -0.25) is 4.79 Å². The molecule has 0 aliphatic carbocycles. The molecule has 0 bridgehead atoms. The van der Waals surface area contributed by atoms with Gasteiger partial charge < -0.3 is 4.74 Å². The number of hydrogen-bond acceptors (Lipinski definition) is 3. The van der Waals surface area contributed by atoms with Gasteiger partial charge in [0.15, 0.2) is 5.05 Å². The monoisotopic (exact) mass is 158 g/mol. The van der Waals surface area contributed by atoms with E-state index < -0.39 is 0 Å². The number of hydrogen-bond donors (Lipinski definition) is 0. The van der Waals surface area contributed by atoms with E-state index in [1.165, 1.54) is 0 Å². The van der Waals surface area contributed by atoms with Crippen molar-refractivity contribution in [3.63, 3.8) is 0 Å². The molecular formula is C7H10O2S. The van der Waals surface area contributed by atoms with E-state index in [1.54, 1.807) is 0 Å². The summed E-state index contributed by atoms with van der Waals surface area (Å²) >= 11 is 4.84. The molecule has 0 radical (unpaired) electrons. The highest BCUT2D eigenvalue weighted by Gasteiger charge is 2.28. The van der Waals surface area contributed by atoms with Crippen LogP contribution in [0.4, 0.5) is 0 Å². The molecule has 1 saturated heterocycles. The summed E-state index contributed by atoms with van der Waals surface area (Å²) in [6, 6.07) is 0. The number of esters is 1. The van der Waals surface area contributed by atoms with Gasteiger partial charge in [-0.25, -0.2) is 0 Å². The fourth-order valence-corrected chi connectivity index (χ4v) is 1.38. The summed E-state index contributed by atoms with van der Waals surface area (Å²) in [7, 11) is 0. The zero-order valence-corrected chi connectivity index (χ0v) is 6.74. The molecule has 0 aromatic carbocycles. The van der Waals surface area contributed by atoms with Gasteiger partial charge in [0.05, 0.1) is 6.42 Å². The molecule has 1 aliphatic heterocycles. The van der Waals surface area contributed by atoms with Crippen molar-refractivity contribution in [3.05, 3.63) is 0 Å². The minimum atomic E-state index is -0.163. The van der Waals surface area contributed by atoms with Crippen LogP contribution < -0.4 is 0 Å². The summed E-state index contributed by atoms with van der Waals surface area (Å²) in [5, 5.41) is 0.492. The Bertz CT molecular complexity index is 165. The molecule has 0 aromatic heterocycles. The third kappa shape index (κ3) is 1.53. The zero-order valence-electron chi connectivity index (χ0n) is 5.92. The lowest BCUT2D eigenvalue weighted by molar-refractivity contribution is -0.133. The number of ether oxygens (including phenoxy) is 1. The largest absolute Gasteiger partial charge is 0.419 e. The van der Waals surface area contributed by atoms with Crippen LogP contribution in [0.15, 0.2) is 0 Å². The maximum Gasteiger partial charge on any atom is 0.312 e. The standard InChI is InChI=1S/C7H10O2S/c1-2-3-5-4-6(8)9-7(5)10/h5H,2-4H2,1H3. The third-order valence-corrected chi connectivity index (χ3v) is 2.01. The van der Waals surface area contributed by atoms with E-state index in [4.69, 9.17) is 17.0 Å². The van der Waals surface area contributed by atoms with Crippen molar-refractivity contribution >= 4 is 23.2 Å². The predicted molar refractivity (Wildman–Crippen MR) is 41.7 cm³/mol. The van der Waals surface area contributed by atoms with Crippen LogP contribution in [0.3, 0.4) is 0 Å². The average Bonchev–Trinajstić information content (AvgIpc) is 2.13. The molecule has 1 fully saturated rings. The quantitative estimate of drug-likeness (QED) is 0.452. The molecule has 3 heteroatoms. The second-order valence-electron chi connectivity index (χ2n) is 2.48. The van der Waals surface area contributed by atoms with Crippen LogP contribution in [-0.2, 0) is 9.53 Å². The molecule has 2 nitrogen and oxygen atoms in total. The summed E-state index contributed by atoms with van der Waals surface area (Å²) < 4.78 is 4.72. The van der Waals surface area contributed by atoms with Crippen molar-refractivity contribution in [1.29, 1.82) is 0 Å². The fourth-order valence-electron chi connectivity index (χ4n) is 1.09. The number of thiocarbonyl (C=S) groups is 1. The summed E-state index contributed by atoms with van der Waals surface area (Å²) in [5.41, 5.74) is 0. The van der Waals surface area contributed by atoms with Crippen molar-refractivity contribution in [2.24, 2.45) is 5.92 Å². The summed E-state index contributed by atoms with van der Waals surface area (Å²) in [5.74, 6) is 0.0518. The molecule has 10 heavy (non-hydrogen) atoms. The number of rotatable bonds is 2. The lowest BCUT2D eigenvalue weighted by atomic mass is 10.0. The minimum Gasteiger partial charge on any atom is -0.419 e. The lowest BCUT2D eigenvalue weighted by Crippen LogP contribution is -2.03. The first kappa shape index (κ1) is 7.66. The first-order valence-electron chi connectivity index (χ1n) is 3.48. The second-order valence-corrected chi connectivity index (χ2v) is 2.89. The highest BCUT2D eigenvalue weighted by Crippen LogP contribution is 2.21. The molecule has 0 saturated carbocycles. The Balaban J connectivity index is 2.46. The first-order chi connectivity index (χ1) is 4.74. The van der Waals surface area contributed by atoms with Gasteiger partial charge in [-0.05, 0) is 18.6 Å². The Morgan fingerprint density at radius 3 is 2.90 bits per heavy atom. The van der Waals surface area contributed by atoms with Crippen molar-refractivity contribution in [2.45, 2.75) is 26.2 Å². The summed E-state index contributed by atoms with van der Waals surface area (Å²) in [6.07, 6.45) is 2.53. The Labute approximate surface area is 65.6 Å². The minimum absolute atomic E-state index is 0.163. The van der Waals surface area contributed by atoms with E-state index >= 15 is 0 Å². The van der Waals surface area contributed by atoms with Crippen LogP contribution in [0.1, 0.15) is 26.2 Å². The molecule has 0 amide bonds. The van der Waals surface area contributed by atoms with Crippen LogP contribution in [-0.4, -0.2) is 11.0 Å². The Morgan fingerprint density at radius 2 is 2.50 bits per heavy atom. The van der Waals surface area contributed by atoms with Gasteiger partial charge >= 0.3 is 5.97 Å². The SMILES string of the molecule is CCCC1CC(=O)OC1=S. The summed E-state index contributed by atoms with van der Waals surface area (Å²) in [4.78, 5) is 10.6. The van der Waals surface area contributed by atoms with Gasteiger partial charge in [0.2, 0.25) is 0 Å². The molecule has 1 aliphatic rings. The molecule has 0 spiro atoms. The second kappa shape index (κ2) is 3.10. The van der Waals surface area contributed by atoms with Crippen LogP contribution in [0.5, 0.6) is 0 Å². The van der Waals surface area contributed by atoms with Crippen molar-refractivity contribution in [1.82, 2.24) is 0 Å². The molecule has 1 heterocycles. The van der Waals surface area contributed by atoms with E-state index in [1.807, 2.05) is 0 Å². The Hall–Kier alpha value is -0.440. The van der Waals surface area contributed by atoms with Gasteiger partial charge in [-0.1, -0.05) is 13.3 Å². The molecule has 1 rings (SSSR count). The number of carbonyl (C=O) groups is 1. The lowest BCUT2D eigenvalue weighted by Gasteiger charge is -2.01. The number of carbonyl (C=O) groups excluding carboxylic acids is 1. The molecule has 0 aromatic rings. The van der Waals surface area contributed by atoms with Crippen LogP contribution in [0, 0.1) is 5.92 Å². The van der Waals surface area contributed by atoms with Gasteiger partial charge in [-0.2, -0.15) is 0 Å². The van der Waals surface area contributed by atoms with E-state index in [2.05, 4.69) is 6.92 Å². The maximum absolute atomic E-state index is 10.6. The normalized spacial score (nSPS) is 25.1. The fraction of sp³-hybridized carbons (Fsp3) is 0.714. The molecular weight excluding hydrogens is 148 g/mol. The van der Waals surface area contributed by atoms with Gasteiger partial charge in [0.1, 0.15) is 0 Å². The van der Waals surface area contributed by atoms with Crippen LogP contribution in [0.25, 0.3) is 0 Å². The van der Waals surface area contributed by atoms with E-state index in [9.17, 15) is 4.79 Å². The van der Waals surface area contributed by atoms with E-state index in [0.717, 1.165) is 12.8 Å². The molecule has 1 atom stereocenters. The van der Waals surface area contributed by atoms with Crippen molar-refractivity contribution < 1.29 is 9.53 Å². The number of cyclic esters (lactones) is 1. The maximum atomic E-state index is 10.6. The van der Waals surface area contributed by atoms with Crippen LogP contribution in [0.2, 0.25) is 0 Å². The zero-order chi connectivity index (χ0) is 7.56. The molecule has 56 valence electrons. The molecule has 1 unspecified atom stereocenters. The highest BCUT2D eigenvalue weighted by molar-refractivity contribution is 7.80. The summed E-state index contributed by atoms with van der Waals surface area (Å²) in [6.45, 7) is 2.07.